The lowest BCUT2D eigenvalue weighted by Gasteiger charge is -2.26. The van der Waals surface area contributed by atoms with E-state index < -0.39 is 23.7 Å². The van der Waals surface area contributed by atoms with Crippen LogP contribution >= 0.6 is 0 Å². The predicted molar refractivity (Wildman–Crippen MR) is 56.2 cm³/mol. The molecule has 0 aliphatic carbocycles. The Morgan fingerprint density at radius 1 is 1.33 bits per heavy atom. The number of nitrogens with two attached hydrogens (primary N) is 2. The van der Waals surface area contributed by atoms with Gasteiger partial charge in [0, 0.05) is 5.92 Å². The average Bonchev–Trinajstić information content (AvgIpc) is 2.10. The molecule has 2 atom stereocenters. The maximum atomic E-state index is 11.4. The molecule has 0 fully saturated rings. The Morgan fingerprint density at radius 2 is 1.80 bits per heavy atom. The van der Waals surface area contributed by atoms with Crippen molar-refractivity contribution in [2.45, 2.75) is 34.1 Å². The number of primary amides is 1. The summed E-state index contributed by atoms with van der Waals surface area (Å²) in [5.41, 5.74) is 5.07. The molecular formula is C10H20N2O3. The fourth-order valence-electron chi connectivity index (χ4n) is 1.41. The summed E-state index contributed by atoms with van der Waals surface area (Å²) in [5.74, 6) is 2.58. The van der Waals surface area contributed by atoms with E-state index in [1.54, 1.807) is 6.92 Å². The van der Waals surface area contributed by atoms with Gasteiger partial charge in [-0.05, 0) is 11.8 Å². The Balaban J connectivity index is 4.74. The van der Waals surface area contributed by atoms with Crippen LogP contribution in [-0.4, -0.2) is 11.9 Å². The van der Waals surface area contributed by atoms with Gasteiger partial charge in [0.2, 0.25) is 5.91 Å². The van der Waals surface area contributed by atoms with E-state index >= 15 is 0 Å². The first-order valence-electron chi connectivity index (χ1n) is 4.89. The fourth-order valence-corrected chi connectivity index (χ4v) is 1.41. The molecule has 0 aromatic heterocycles. The molecule has 0 aromatic rings. The predicted octanol–water partition coefficient (Wildman–Crippen LogP) is 0.577. The average molecular weight is 216 g/mol. The lowest BCUT2D eigenvalue weighted by molar-refractivity contribution is -0.154. The molecule has 0 aliphatic heterocycles. The van der Waals surface area contributed by atoms with E-state index in [2.05, 4.69) is 4.84 Å². The highest BCUT2D eigenvalue weighted by atomic mass is 16.7. The number of hydrogen-bond acceptors (Lipinski definition) is 4. The fraction of sp³-hybridized carbons (Fsp3) is 0.800. The van der Waals surface area contributed by atoms with Crippen molar-refractivity contribution in [2.75, 3.05) is 0 Å². The monoisotopic (exact) mass is 216 g/mol. The van der Waals surface area contributed by atoms with Gasteiger partial charge < -0.3 is 10.6 Å². The van der Waals surface area contributed by atoms with Crippen molar-refractivity contribution in [2.24, 2.45) is 28.9 Å². The van der Waals surface area contributed by atoms with Crippen LogP contribution in [0.25, 0.3) is 0 Å². The highest BCUT2D eigenvalue weighted by Crippen LogP contribution is 2.29. The molecule has 0 heterocycles. The molecule has 0 spiro atoms. The van der Waals surface area contributed by atoms with Crippen molar-refractivity contribution in [3.05, 3.63) is 0 Å². The Morgan fingerprint density at radius 3 is 2.07 bits per heavy atom. The molecule has 15 heavy (non-hydrogen) atoms. The summed E-state index contributed by atoms with van der Waals surface area (Å²) in [5, 5.41) is 0. The molecule has 0 saturated carbocycles. The molecule has 0 aromatic carbocycles. The maximum Gasteiger partial charge on any atom is 0.328 e. The highest BCUT2D eigenvalue weighted by molar-refractivity contribution is 5.83. The normalized spacial score (nSPS) is 15.5. The van der Waals surface area contributed by atoms with E-state index in [1.807, 2.05) is 20.8 Å². The number of rotatable bonds is 4. The highest BCUT2D eigenvalue weighted by Gasteiger charge is 2.33. The zero-order valence-electron chi connectivity index (χ0n) is 9.74. The van der Waals surface area contributed by atoms with Gasteiger partial charge in [0.25, 0.3) is 0 Å². The standard InChI is InChI=1S/C10H20N2O3/c1-6(8(11)13)7(9(14)15-12)5-10(2,3)4/h6-7H,5,12H2,1-4H3,(H2,11,13). The summed E-state index contributed by atoms with van der Waals surface area (Å²) >= 11 is 0. The third kappa shape index (κ3) is 4.78. The van der Waals surface area contributed by atoms with E-state index in [4.69, 9.17) is 11.6 Å². The van der Waals surface area contributed by atoms with E-state index in [1.165, 1.54) is 0 Å². The summed E-state index contributed by atoms with van der Waals surface area (Å²) in [4.78, 5) is 26.6. The second-order valence-electron chi connectivity index (χ2n) is 5.00. The van der Waals surface area contributed by atoms with E-state index in [9.17, 15) is 9.59 Å². The lowest BCUT2D eigenvalue weighted by Crippen LogP contribution is -2.36. The van der Waals surface area contributed by atoms with E-state index in [0.29, 0.717) is 6.42 Å². The molecular weight excluding hydrogens is 196 g/mol. The van der Waals surface area contributed by atoms with Crippen LogP contribution in [-0.2, 0) is 14.4 Å². The molecule has 5 heteroatoms. The molecule has 0 bridgehead atoms. The molecule has 0 saturated heterocycles. The van der Waals surface area contributed by atoms with Gasteiger partial charge >= 0.3 is 5.97 Å². The number of amides is 1. The molecule has 5 nitrogen and oxygen atoms in total. The minimum Gasteiger partial charge on any atom is -0.373 e. The molecule has 0 radical (unpaired) electrons. The molecule has 88 valence electrons. The first kappa shape index (κ1) is 13.9. The van der Waals surface area contributed by atoms with Crippen LogP contribution in [0.3, 0.4) is 0 Å². The molecule has 0 rings (SSSR count). The summed E-state index contributed by atoms with van der Waals surface area (Å²) < 4.78 is 0. The van der Waals surface area contributed by atoms with Gasteiger partial charge in [0.1, 0.15) is 0 Å². The number of hydrogen-bond donors (Lipinski definition) is 2. The van der Waals surface area contributed by atoms with Gasteiger partial charge in [-0.1, -0.05) is 27.7 Å². The van der Waals surface area contributed by atoms with Gasteiger partial charge in [-0.2, -0.15) is 5.90 Å². The van der Waals surface area contributed by atoms with Crippen molar-refractivity contribution < 1.29 is 14.4 Å². The summed E-state index contributed by atoms with van der Waals surface area (Å²) in [6, 6.07) is 0. The van der Waals surface area contributed by atoms with Gasteiger partial charge in [0.05, 0.1) is 5.92 Å². The van der Waals surface area contributed by atoms with E-state index in [-0.39, 0.29) is 5.41 Å². The van der Waals surface area contributed by atoms with Crippen molar-refractivity contribution in [1.82, 2.24) is 0 Å². The number of carbonyl (C=O) groups excluding carboxylic acids is 2. The van der Waals surface area contributed by atoms with E-state index in [0.717, 1.165) is 0 Å². The molecule has 0 aliphatic rings. The molecule has 4 N–H and O–H groups in total. The zero-order valence-corrected chi connectivity index (χ0v) is 9.74. The van der Waals surface area contributed by atoms with Gasteiger partial charge in [-0.25, -0.2) is 0 Å². The third-order valence-electron chi connectivity index (χ3n) is 2.30. The molecule has 1 amide bonds. The van der Waals surface area contributed by atoms with Crippen LogP contribution in [0.15, 0.2) is 0 Å². The van der Waals surface area contributed by atoms with Crippen LogP contribution in [0.1, 0.15) is 34.1 Å². The Kier molecular flexibility index (Phi) is 4.74. The Hall–Kier alpha value is -1.10. The third-order valence-corrected chi connectivity index (χ3v) is 2.30. The number of carbonyl (C=O) groups is 2. The first-order valence-corrected chi connectivity index (χ1v) is 4.89. The van der Waals surface area contributed by atoms with Gasteiger partial charge in [-0.15, -0.1) is 0 Å². The van der Waals surface area contributed by atoms with Crippen molar-refractivity contribution in [3.63, 3.8) is 0 Å². The Bertz CT molecular complexity index is 246. The van der Waals surface area contributed by atoms with Crippen molar-refractivity contribution in [1.29, 1.82) is 0 Å². The largest absolute Gasteiger partial charge is 0.373 e. The van der Waals surface area contributed by atoms with Crippen LogP contribution in [0, 0.1) is 17.3 Å². The second-order valence-corrected chi connectivity index (χ2v) is 5.00. The SMILES string of the molecule is CC(C(N)=O)C(CC(C)(C)C)C(=O)ON. The maximum absolute atomic E-state index is 11.4. The summed E-state index contributed by atoms with van der Waals surface area (Å²) in [7, 11) is 0. The van der Waals surface area contributed by atoms with Crippen LogP contribution in [0.5, 0.6) is 0 Å². The van der Waals surface area contributed by atoms with Gasteiger partial charge in [-0.3, -0.25) is 9.59 Å². The second kappa shape index (κ2) is 5.11. The van der Waals surface area contributed by atoms with Crippen LogP contribution in [0.4, 0.5) is 0 Å². The lowest BCUT2D eigenvalue weighted by atomic mass is 9.79. The van der Waals surface area contributed by atoms with Crippen LogP contribution in [0.2, 0.25) is 0 Å². The molecule has 2 unspecified atom stereocenters. The van der Waals surface area contributed by atoms with Crippen LogP contribution < -0.4 is 11.6 Å². The minimum atomic E-state index is -0.587. The van der Waals surface area contributed by atoms with Gasteiger partial charge in [0.15, 0.2) is 0 Å². The Labute approximate surface area is 90.1 Å². The smallest absolute Gasteiger partial charge is 0.328 e. The van der Waals surface area contributed by atoms with Crippen molar-refractivity contribution in [3.8, 4) is 0 Å². The van der Waals surface area contributed by atoms with Crippen molar-refractivity contribution >= 4 is 11.9 Å². The summed E-state index contributed by atoms with van der Waals surface area (Å²) in [6.45, 7) is 7.52. The quantitative estimate of drug-likeness (QED) is 0.672. The topological polar surface area (TPSA) is 95.4 Å². The zero-order chi connectivity index (χ0) is 12.2. The minimum absolute atomic E-state index is 0.0947. The summed E-state index contributed by atoms with van der Waals surface area (Å²) in [6.07, 6.45) is 0.507. The first-order chi connectivity index (χ1) is 6.69.